The van der Waals surface area contributed by atoms with E-state index in [2.05, 4.69) is 40.4 Å². The first-order valence-corrected chi connectivity index (χ1v) is 11.5. The van der Waals surface area contributed by atoms with Gasteiger partial charge in [-0.15, -0.1) is 0 Å². The van der Waals surface area contributed by atoms with Crippen molar-refractivity contribution in [3.63, 3.8) is 0 Å². The van der Waals surface area contributed by atoms with Crippen LogP contribution in [0.3, 0.4) is 0 Å². The molecule has 22 heavy (non-hydrogen) atoms. The van der Waals surface area contributed by atoms with Crippen LogP contribution in [0.25, 0.3) is 0 Å². The SMILES string of the molecule is C=C1CC2(C1)C[C@@H](O[Si](C)(C)C(C)(C)C)[C@@H]1OC(C)(C)O[C@@H]12. The van der Waals surface area contributed by atoms with Gasteiger partial charge in [0.25, 0.3) is 0 Å². The Morgan fingerprint density at radius 1 is 1.18 bits per heavy atom. The van der Waals surface area contributed by atoms with E-state index in [1.807, 2.05) is 13.8 Å². The van der Waals surface area contributed by atoms with E-state index in [1.165, 1.54) is 5.57 Å². The molecule has 1 saturated heterocycles. The van der Waals surface area contributed by atoms with Crippen LogP contribution in [0.4, 0.5) is 0 Å². The lowest BCUT2D eigenvalue weighted by Gasteiger charge is -2.45. The molecular formula is C18H32O3Si. The Bertz CT molecular complexity index is 481. The Labute approximate surface area is 136 Å². The van der Waals surface area contributed by atoms with E-state index in [9.17, 15) is 0 Å². The Kier molecular flexibility index (Phi) is 3.55. The Morgan fingerprint density at radius 3 is 2.27 bits per heavy atom. The third-order valence-electron chi connectivity index (χ3n) is 6.16. The highest BCUT2D eigenvalue weighted by molar-refractivity contribution is 6.74. The van der Waals surface area contributed by atoms with Gasteiger partial charge in [-0.05, 0) is 51.2 Å². The van der Waals surface area contributed by atoms with Crippen LogP contribution >= 0.6 is 0 Å². The molecule has 0 N–H and O–H groups in total. The third kappa shape index (κ3) is 2.52. The topological polar surface area (TPSA) is 27.7 Å². The quantitative estimate of drug-likeness (QED) is 0.547. The van der Waals surface area contributed by atoms with Crippen LogP contribution in [0.5, 0.6) is 0 Å². The second-order valence-corrected chi connectivity index (χ2v) is 14.4. The Balaban J connectivity index is 1.83. The van der Waals surface area contributed by atoms with Crippen LogP contribution in [0, 0.1) is 5.41 Å². The second-order valence-electron chi connectivity index (χ2n) is 9.61. The number of allylic oxidation sites excluding steroid dienone is 1. The lowest BCUT2D eigenvalue weighted by atomic mass is 9.63. The lowest BCUT2D eigenvalue weighted by Crippen LogP contribution is -2.46. The molecule has 0 bridgehead atoms. The number of hydrogen-bond acceptors (Lipinski definition) is 3. The van der Waals surface area contributed by atoms with Crippen molar-refractivity contribution < 1.29 is 13.9 Å². The zero-order valence-corrected chi connectivity index (χ0v) is 16.3. The molecule has 0 amide bonds. The molecule has 0 aromatic carbocycles. The predicted molar refractivity (Wildman–Crippen MR) is 91.3 cm³/mol. The van der Waals surface area contributed by atoms with Crippen LogP contribution < -0.4 is 0 Å². The van der Waals surface area contributed by atoms with Crippen molar-refractivity contribution in [2.45, 2.75) is 96.1 Å². The van der Waals surface area contributed by atoms with E-state index in [0.29, 0.717) is 0 Å². The normalized spacial score (nSPS) is 36.5. The molecule has 0 unspecified atom stereocenters. The molecule has 0 radical (unpaired) electrons. The number of ether oxygens (including phenoxy) is 2. The average molecular weight is 325 g/mol. The van der Waals surface area contributed by atoms with Gasteiger partial charge in [0.05, 0.1) is 12.2 Å². The summed E-state index contributed by atoms with van der Waals surface area (Å²) in [6, 6.07) is 0. The van der Waals surface area contributed by atoms with E-state index < -0.39 is 14.1 Å². The van der Waals surface area contributed by atoms with Crippen LogP contribution in [-0.2, 0) is 13.9 Å². The summed E-state index contributed by atoms with van der Waals surface area (Å²) in [6.45, 7) is 19.7. The summed E-state index contributed by atoms with van der Waals surface area (Å²) < 4.78 is 19.3. The molecule has 0 aromatic rings. The maximum absolute atomic E-state index is 6.74. The average Bonchev–Trinajstić information content (AvgIpc) is 2.71. The Hall–Kier alpha value is -0.163. The monoisotopic (exact) mass is 324 g/mol. The summed E-state index contributed by atoms with van der Waals surface area (Å²) in [5.41, 5.74) is 1.56. The molecule has 3 atom stereocenters. The van der Waals surface area contributed by atoms with Crippen molar-refractivity contribution in [3.05, 3.63) is 12.2 Å². The van der Waals surface area contributed by atoms with Crippen LogP contribution in [-0.4, -0.2) is 32.4 Å². The minimum absolute atomic E-state index is 0.0808. The first-order chi connectivity index (χ1) is 9.85. The van der Waals surface area contributed by atoms with E-state index in [0.717, 1.165) is 19.3 Å². The summed E-state index contributed by atoms with van der Waals surface area (Å²) >= 11 is 0. The smallest absolute Gasteiger partial charge is 0.192 e. The van der Waals surface area contributed by atoms with E-state index in [4.69, 9.17) is 13.9 Å². The van der Waals surface area contributed by atoms with Gasteiger partial charge in [-0.2, -0.15) is 0 Å². The van der Waals surface area contributed by atoms with Crippen LogP contribution in [0.1, 0.15) is 53.9 Å². The standard InChI is InChI=1S/C18H32O3Si/c1-12-9-18(10-12)11-13(21-22(7,8)16(2,3)4)14-15(18)20-17(5,6)19-14/h13-15H,1,9-11H2,2-8H3/t13-,14+,15+/m1/s1. The molecule has 3 fully saturated rings. The highest BCUT2D eigenvalue weighted by Crippen LogP contribution is 2.61. The highest BCUT2D eigenvalue weighted by Gasteiger charge is 2.65. The van der Waals surface area contributed by atoms with Gasteiger partial charge in [0, 0.05) is 5.41 Å². The molecule has 4 heteroatoms. The van der Waals surface area contributed by atoms with Crippen molar-refractivity contribution in [2.24, 2.45) is 5.41 Å². The first-order valence-electron chi connectivity index (χ1n) is 8.55. The zero-order valence-electron chi connectivity index (χ0n) is 15.3. The van der Waals surface area contributed by atoms with Crippen molar-refractivity contribution >= 4 is 8.32 Å². The van der Waals surface area contributed by atoms with Gasteiger partial charge in [-0.3, -0.25) is 0 Å². The molecule has 1 aliphatic heterocycles. The van der Waals surface area contributed by atoms with Gasteiger partial charge in [0.1, 0.15) is 6.10 Å². The van der Waals surface area contributed by atoms with Gasteiger partial charge in [-0.1, -0.05) is 32.9 Å². The van der Waals surface area contributed by atoms with Crippen molar-refractivity contribution in [2.75, 3.05) is 0 Å². The molecule has 0 aromatic heterocycles. The molecule has 126 valence electrons. The maximum atomic E-state index is 6.74. The molecular weight excluding hydrogens is 292 g/mol. The second kappa shape index (κ2) is 4.68. The molecule has 2 aliphatic carbocycles. The summed E-state index contributed by atoms with van der Waals surface area (Å²) in [5, 5.41) is 0.219. The lowest BCUT2D eigenvalue weighted by molar-refractivity contribution is -0.177. The van der Waals surface area contributed by atoms with E-state index in [1.54, 1.807) is 0 Å². The fourth-order valence-corrected chi connectivity index (χ4v) is 5.45. The molecule has 2 saturated carbocycles. The predicted octanol–water partition coefficient (Wildman–Crippen LogP) is 4.64. The van der Waals surface area contributed by atoms with Crippen molar-refractivity contribution in [1.82, 2.24) is 0 Å². The van der Waals surface area contributed by atoms with E-state index in [-0.39, 0.29) is 28.8 Å². The largest absolute Gasteiger partial charge is 0.411 e. The van der Waals surface area contributed by atoms with Gasteiger partial charge in [0.15, 0.2) is 14.1 Å². The van der Waals surface area contributed by atoms with Gasteiger partial charge in [0.2, 0.25) is 0 Å². The molecule has 3 nitrogen and oxygen atoms in total. The fourth-order valence-electron chi connectivity index (χ4n) is 4.12. The fraction of sp³-hybridized carbons (Fsp3) is 0.889. The number of rotatable bonds is 2. The molecule has 1 spiro atoms. The summed E-state index contributed by atoms with van der Waals surface area (Å²) in [5.74, 6) is -0.491. The van der Waals surface area contributed by atoms with Crippen LogP contribution in [0.15, 0.2) is 12.2 Å². The summed E-state index contributed by atoms with van der Waals surface area (Å²) in [4.78, 5) is 0. The minimum atomic E-state index is -1.80. The zero-order chi connectivity index (χ0) is 16.6. The van der Waals surface area contributed by atoms with Gasteiger partial charge >= 0.3 is 0 Å². The Morgan fingerprint density at radius 2 is 1.77 bits per heavy atom. The first kappa shape index (κ1) is 16.7. The summed E-state index contributed by atoms with van der Waals surface area (Å²) in [6.07, 6.45) is 3.63. The number of hydrogen-bond donors (Lipinski definition) is 0. The van der Waals surface area contributed by atoms with Gasteiger partial charge < -0.3 is 13.9 Å². The molecule has 1 heterocycles. The van der Waals surface area contributed by atoms with Gasteiger partial charge in [-0.25, -0.2) is 0 Å². The molecule has 3 aliphatic rings. The number of fused-ring (bicyclic) bond motifs is 2. The summed E-state index contributed by atoms with van der Waals surface area (Å²) in [7, 11) is -1.80. The van der Waals surface area contributed by atoms with Crippen LogP contribution in [0.2, 0.25) is 18.1 Å². The third-order valence-corrected chi connectivity index (χ3v) is 10.7. The minimum Gasteiger partial charge on any atom is -0.411 e. The molecule has 3 rings (SSSR count). The van der Waals surface area contributed by atoms with Crippen molar-refractivity contribution in [1.29, 1.82) is 0 Å². The maximum Gasteiger partial charge on any atom is 0.192 e. The highest BCUT2D eigenvalue weighted by atomic mass is 28.4. The van der Waals surface area contributed by atoms with Crippen molar-refractivity contribution in [3.8, 4) is 0 Å². The van der Waals surface area contributed by atoms with E-state index >= 15 is 0 Å².